The molecule has 4 rings (SSSR count). The number of thiophene rings is 1. The predicted octanol–water partition coefficient (Wildman–Crippen LogP) is 3.24. The van der Waals surface area contributed by atoms with Crippen molar-refractivity contribution in [3.63, 3.8) is 0 Å². The van der Waals surface area contributed by atoms with Crippen molar-refractivity contribution in [2.24, 2.45) is 0 Å². The SMILES string of the molecule is Nc1nc(CN2CCN(Cc3ccc(Cl)s3)CC2)nc2ccccc12. The predicted molar refractivity (Wildman–Crippen MR) is 104 cm³/mol. The zero-order valence-electron chi connectivity index (χ0n) is 13.9. The number of nitrogens with zero attached hydrogens (tertiary/aromatic N) is 4. The number of nitrogens with two attached hydrogens (primary N) is 1. The summed E-state index contributed by atoms with van der Waals surface area (Å²) in [5, 5.41) is 0.922. The van der Waals surface area contributed by atoms with Gasteiger partial charge in [-0.25, -0.2) is 9.97 Å². The van der Waals surface area contributed by atoms with Crippen LogP contribution in [0.25, 0.3) is 10.9 Å². The van der Waals surface area contributed by atoms with E-state index in [0.29, 0.717) is 5.82 Å². The quantitative estimate of drug-likeness (QED) is 0.760. The van der Waals surface area contributed by atoms with E-state index in [4.69, 9.17) is 17.3 Å². The van der Waals surface area contributed by atoms with Crippen LogP contribution in [0.2, 0.25) is 4.34 Å². The molecule has 1 aromatic carbocycles. The van der Waals surface area contributed by atoms with Gasteiger partial charge in [-0.1, -0.05) is 23.7 Å². The summed E-state index contributed by atoms with van der Waals surface area (Å²) in [5.74, 6) is 1.36. The van der Waals surface area contributed by atoms with Crippen LogP contribution in [0, 0.1) is 0 Å². The first-order chi connectivity index (χ1) is 12.2. The molecule has 0 spiro atoms. The fourth-order valence-corrected chi connectivity index (χ4v) is 4.31. The lowest BCUT2D eigenvalue weighted by molar-refractivity contribution is 0.121. The Bertz CT molecular complexity index is 873. The largest absolute Gasteiger partial charge is 0.383 e. The molecule has 0 saturated carbocycles. The first-order valence-corrected chi connectivity index (χ1v) is 9.57. The maximum atomic E-state index is 6.08. The second kappa shape index (κ2) is 7.25. The number of aromatic nitrogens is 2. The summed E-state index contributed by atoms with van der Waals surface area (Å²) in [4.78, 5) is 15.3. The fraction of sp³-hybridized carbons (Fsp3) is 0.333. The number of hydrogen-bond donors (Lipinski definition) is 1. The van der Waals surface area contributed by atoms with E-state index in [2.05, 4.69) is 25.8 Å². The van der Waals surface area contributed by atoms with E-state index in [0.717, 1.165) is 60.3 Å². The third-order valence-corrected chi connectivity index (χ3v) is 5.73. The van der Waals surface area contributed by atoms with Gasteiger partial charge in [0.15, 0.2) is 0 Å². The van der Waals surface area contributed by atoms with Gasteiger partial charge >= 0.3 is 0 Å². The number of halogens is 1. The number of rotatable bonds is 4. The summed E-state index contributed by atoms with van der Waals surface area (Å²) in [6.07, 6.45) is 0. The topological polar surface area (TPSA) is 58.3 Å². The maximum absolute atomic E-state index is 6.08. The zero-order valence-corrected chi connectivity index (χ0v) is 15.4. The smallest absolute Gasteiger partial charge is 0.145 e. The second-order valence-electron chi connectivity index (χ2n) is 6.30. The molecule has 0 aliphatic carbocycles. The minimum Gasteiger partial charge on any atom is -0.383 e. The Hall–Kier alpha value is -1.73. The highest BCUT2D eigenvalue weighted by Gasteiger charge is 2.19. The Morgan fingerprint density at radius 3 is 2.40 bits per heavy atom. The Labute approximate surface area is 156 Å². The van der Waals surface area contributed by atoms with Gasteiger partial charge in [0, 0.05) is 43.0 Å². The average Bonchev–Trinajstić information content (AvgIpc) is 3.02. The summed E-state index contributed by atoms with van der Waals surface area (Å²) in [6.45, 7) is 5.82. The van der Waals surface area contributed by atoms with E-state index < -0.39 is 0 Å². The molecule has 5 nitrogen and oxygen atoms in total. The third kappa shape index (κ3) is 3.93. The van der Waals surface area contributed by atoms with Crippen molar-refractivity contribution in [1.82, 2.24) is 19.8 Å². The van der Waals surface area contributed by atoms with Gasteiger partial charge in [-0.3, -0.25) is 9.80 Å². The van der Waals surface area contributed by atoms with Crippen LogP contribution < -0.4 is 5.73 Å². The van der Waals surface area contributed by atoms with Crippen molar-refractivity contribution in [3.8, 4) is 0 Å². The Kier molecular flexibility index (Phi) is 4.85. The highest BCUT2D eigenvalue weighted by Crippen LogP contribution is 2.23. The van der Waals surface area contributed by atoms with Gasteiger partial charge < -0.3 is 5.73 Å². The molecular weight excluding hydrogens is 354 g/mol. The van der Waals surface area contributed by atoms with Crippen LogP contribution in [0.3, 0.4) is 0 Å². The van der Waals surface area contributed by atoms with Crippen LogP contribution >= 0.6 is 22.9 Å². The molecule has 3 heterocycles. The fourth-order valence-electron chi connectivity index (χ4n) is 3.18. The van der Waals surface area contributed by atoms with Crippen molar-refractivity contribution >= 4 is 39.7 Å². The molecule has 1 aliphatic rings. The second-order valence-corrected chi connectivity index (χ2v) is 8.10. The minimum absolute atomic E-state index is 0.564. The summed E-state index contributed by atoms with van der Waals surface area (Å²) in [5.41, 5.74) is 7.00. The normalized spacial score (nSPS) is 16.5. The van der Waals surface area contributed by atoms with Crippen molar-refractivity contribution in [1.29, 1.82) is 0 Å². The van der Waals surface area contributed by atoms with Gasteiger partial charge in [-0.05, 0) is 24.3 Å². The van der Waals surface area contributed by atoms with Gasteiger partial charge in [0.25, 0.3) is 0 Å². The van der Waals surface area contributed by atoms with E-state index in [1.54, 1.807) is 11.3 Å². The summed E-state index contributed by atoms with van der Waals surface area (Å²) < 4.78 is 0.861. The number of para-hydroxylation sites is 1. The molecule has 7 heteroatoms. The number of benzene rings is 1. The Balaban J connectivity index is 1.37. The number of anilines is 1. The summed E-state index contributed by atoms with van der Waals surface area (Å²) in [6, 6.07) is 12.0. The van der Waals surface area contributed by atoms with Gasteiger partial charge in [0.2, 0.25) is 0 Å². The van der Waals surface area contributed by atoms with Crippen molar-refractivity contribution < 1.29 is 0 Å². The molecule has 2 N–H and O–H groups in total. The molecule has 0 radical (unpaired) electrons. The molecule has 1 fully saturated rings. The van der Waals surface area contributed by atoms with E-state index in [1.807, 2.05) is 30.3 Å². The first-order valence-electron chi connectivity index (χ1n) is 8.37. The van der Waals surface area contributed by atoms with E-state index in [-0.39, 0.29) is 0 Å². The number of piperazine rings is 1. The highest BCUT2D eigenvalue weighted by atomic mass is 35.5. The molecule has 25 heavy (non-hydrogen) atoms. The first kappa shape index (κ1) is 16.7. The molecule has 0 amide bonds. The van der Waals surface area contributed by atoms with Gasteiger partial charge in [-0.2, -0.15) is 0 Å². The number of fused-ring (bicyclic) bond motifs is 1. The van der Waals surface area contributed by atoms with Gasteiger partial charge in [-0.15, -0.1) is 11.3 Å². The van der Waals surface area contributed by atoms with Crippen molar-refractivity contribution in [2.45, 2.75) is 13.1 Å². The van der Waals surface area contributed by atoms with Crippen LogP contribution in [0.5, 0.6) is 0 Å². The molecular formula is C18H20ClN5S. The molecule has 1 aliphatic heterocycles. The Morgan fingerprint density at radius 1 is 0.960 bits per heavy atom. The molecule has 0 atom stereocenters. The molecule has 0 bridgehead atoms. The lowest BCUT2D eigenvalue weighted by Crippen LogP contribution is -2.45. The third-order valence-electron chi connectivity index (χ3n) is 4.52. The van der Waals surface area contributed by atoms with Crippen LogP contribution in [-0.2, 0) is 13.1 Å². The lowest BCUT2D eigenvalue weighted by atomic mass is 10.2. The van der Waals surface area contributed by atoms with Crippen LogP contribution in [0.15, 0.2) is 36.4 Å². The van der Waals surface area contributed by atoms with Gasteiger partial charge in [0.05, 0.1) is 16.4 Å². The number of hydrogen-bond acceptors (Lipinski definition) is 6. The Morgan fingerprint density at radius 2 is 1.68 bits per heavy atom. The van der Waals surface area contributed by atoms with E-state index in [9.17, 15) is 0 Å². The lowest BCUT2D eigenvalue weighted by Gasteiger charge is -2.34. The van der Waals surface area contributed by atoms with Crippen LogP contribution in [0.4, 0.5) is 5.82 Å². The summed E-state index contributed by atoms with van der Waals surface area (Å²) >= 11 is 7.68. The molecule has 0 unspecified atom stereocenters. The van der Waals surface area contributed by atoms with Crippen LogP contribution in [-0.4, -0.2) is 45.9 Å². The monoisotopic (exact) mass is 373 g/mol. The van der Waals surface area contributed by atoms with E-state index in [1.165, 1.54) is 4.88 Å². The maximum Gasteiger partial charge on any atom is 0.145 e. The van der Waals surface area contributed by atoms with Crippen LogP contribution in [0.1, 0.15) is 10.7 Å². The average molecular weight is 374 g/mol. The molecule has 1 saturated heterocycles. The standard InChI is InChI=1S/C18H20ClN5S/c19-16-6-5-13(25-16)11-23-7-9-24(10-8-23)12-17-21-15-4-2-1-3-14(15)18(20)22-17/h1-6H,7-12H2,(H2,20,21,22). The highest BCUT2D eigenvalue weighted by molar-refractivity contribution is 7.16. The molecule has 3 aromatic rings. The zero-order chi connectivity index (χ0) is 17.2. The molecule has 130 valence electrons. The summed E-state index contributed by atoms with van der Waals surface area (Å²) in [7, 11) is 0. The van der Waals surface area contributed by atoms with E-state index >= 15 is 0 Å². The van der Waals surface area contributed by atoms with Gasteiger partial charge in [0.1, 0.15) is 11.6 Å². The van der Waals surface area contributed by atoms with Crippen molar-refractivity contribution in [3.05, 3.63) is 51.4 Å². The van der Waals surface area contributed by atoms with Crippen molar-refractivity contribution in [2.75, 3.05) is 31.9 Å². The number of nitrogen functional groups attached to an aromatic ring is 1. The molecule has 2 aromatic heterocycles. The minimum atomic E-state index is 0.564.